The number of fused-ring (bicyclic) bond motifs is 1. The normalized spacial score (nSPS) is 14.2. The summed E-state index contributed by atoms with van der Waals surface area (Å²) in [6.45, 7) is 4.44. The SMILES string of the molecule is Cc1noc(=O)c2ccc(NC(=O)C(O)(CC(C)(C)c3ccc(Br)cc3Cl)C(F)(F)F)cc12. The van der Waals surface area contributed by atoms with E-state index in [0.29, 0.717) is 21.1 Å². The summed E-state index contributed by atoms with van der Waals surface area (Å²) < 4.78 is 47.3. The molecule has 0 aliphatic carbocycles. The zero-order chi connectivity index (χ0) is 24.8. The summed E-state index contributed by atoms with van der Waals surface area (Å²) >= 11 is 9.45. The van der Waals surface area contributed by atoms with Gasteiger partial charge in [0.05, 0.1) is 11.1 Å². The number of carbonyl (C=O) groups is 1. The fourth-order valence-electron chi connectivity index (χ4n) is 3.62. The molecule has 0 aliphatic rings. The number of nitrogens with one attached hydrogen (secondary N) is 1. The molecule has 0 saturated heterocycles. The van der Waals surface area contributed by atoms with Gasteiger partial charge in [-0.15, -0.1) is 0 Å². The highest BCUT2D eigenvalue weighted by Gasteiger charge is 2.61. The highest BCUT2D eigenvalue weighted by Crippen LogP contribution is 2.44. The summed E-state index contributed by atoms with van der Waals surface area (Å²) in [4.78, 5) is 24.6. The highest BCUT2D eigenvalue weighted by atomic mass is 79.9. The Labute approximate surface area is 199 Å². The van der Waals surface area contributed by atoms with Gasteiger partial charge in [0.15, 0.2) is 0 Å². The maximum atomic E-state index is 14.0. The number of aromatic nitrogens is 1. The smallest absolute Gasteiger partial charge is 0.373 e. The number of carbonyl (C=O) groups excluding carboxylic acids is 1. The number of alkyl halides is 3. The van der Waals surface area contributed by atoms with Gasteiger partial charge in [-0.05, 0) is 48.2 Å². The Kier molecular flexibility index (Phi) is 6.67. The van der Waals surface area contributed by atoms with Crippen molar-refractivity contribution < 1.29 is 27.6 Å². The number of rotatable bonds is 5. The van der Waals surface area contributed by atoms with Crippen LogP contribution in [0.4, 0.5) is 18.9 Å². The molecule has 6 nitrogen and oxygen atoms in total. The molecular formula is C22H19BrClF3N2O4. The monoisotopic (exact) mass is 546 g/mol. The number of aryl methyl sites for hydroxylation is 1. The average molecular weight is 548 g/mol. The van der Waals surface area contributed by atoms with Crippen molar-refractivity contribution in [2.24, 2.45) is 0 Å². The molecule has 0 fully saturated rings. The molecule has 0 saturated carbocycles. The van der Waals surface area contributed by atoms with Gasteiger partial charge in [0.1, 0.15) is 0 Å². The Morgan fingerprint density at radius 1 is 1.18 bits per heavy atom. The van der Waals surface area contributed by atoms with Crippen molar-refractivity contribution in [1.29, 1.82) is 0 Å². The number of nitrogens with zero attached hydrogens (tertiary/aromatic N) is 1. The maximum Gasteiger partial charge on any atom is 0.426 e. The molecule has 1 atom stereocenters. The van der Waals surface area contributed by atoms with Gasteiger partial charge in [0.2, 0.25) is 5.60 Å². The minimum atomic E-state index is -5.29. The lowest BCUT2D eigenvalue weighted by Crippen LogP contribution is -2.57. The number of hydrogen-bond acceptors (Lipinski definition) is 5. The first-order chi connectivity index (χ1) is 15.2. The third-order valence-corrected chi connectivity index (χ3v) is 6.16. The van der Waals surface area contributed by atoms with Crippen LogP contribution in [0.15, 0.2) is 50.2 Å². The van der Waals surface area contributed by atoms with E-state index < -0.39 is 35.1 Å². The number of amides is 1. The van der Waals surface area contributed by atoms with Crippen LogP contribution in [0.2, 0.25) is 5.02 Å². The summed E-state index contributed by atoms with van der Waals surface area (Å²) in [6, 6.07) is 8.49. The first-order valence-electron chi connectivity index (χ1n) is 9.62. The Bertz CT molecular complexity index is 1290. The molecule has 2 aromatic carbocycles. The molecule has 1 unspecified atom stereocenters. The van der Waals surface area contributed by atoms with Gasteiger partial charge >= 0.3 is 11.8 Å². The number of benzene rings is 2. The molecule has 1 amide bonds. The second kappa shape index (κ2) is 8.73. The Morgan fingerprint density at radius 2 is 1.85 bits per heavy atom. The molecule has 0 radical (unpaired) electrons. The van der Waals surface area contributed by atoms with Crippen LogP contribution in [0.3, 0.4) is 0 Å². The van der Waals surface area contributed by atoms with Crippen LogP contribution in [0.25, 0.3) is 10.8 Å². The largest absolute Gasteiger partial charge is 0.426 e. The molecular weight excluding hydrogens is 529 g/mol. The van der Waals surface area contributed by atoms with E-state index in [4.69, 9.17) is 11.6 Å². The Hall–Kier alpha value is -2.43. The second-order valence-corrected chi connectivity index (χ2v) is 9.64. The van der Waals surface area contributed by atoms with E-state index in [1.807, 2.05) is 0 Å². The Morgan fingerprint density at radius 3 is 2.45 bits per heavy atom. The molecule has 3 rings (SSSR count). The second-order valence-electron chi connectivity index (χ2n) is 8.31. The molecule has 0 aliphatic heterocycles. The van der Waals surface area contributed by atoms with E-state index in [0.717, 1.165) is 0 Å². The van der Waals surface area contributed by atoms with Crippen molar-refractivity contribution in [2.45, 2.75) is 44.4 Å². The van der Waals surface area contributed by atoms with Crippen molar-refractivity contribution in [3.05, 3.63) is 67.6 Å². The van der Waals surface area contributed by atoms with Gasteiger partial charge in [0.25, 0.3) is 5.91 Å². The van der Waals surface area contributed by atoms with E-state index in [1.54, 1.807) is 6.07 Å². The summed E-state index contributed by atoms with van der Waals surface area (Å²) in [6.07, 6.45) is -6.28. The molecule has 176 valence electrons. The lowest BCUT2D eigenvalue weighted by Gasteiger charge is -2.37. The molecule has 33 heavy (non-hydrogen) atoms. The zero-order valence-corrected chi connectivity index (χ0v) is 20.0. The molecule has 3 aromatic rings. The van der Waals surface area contributed by atoms with E-state index in [1.165, 1.54) is 51.1 Å². The minimum absolute atomic E-state index is 0.0508. The topological polar surface area (TPSA) is 92.4 Å². The first kappa shape index (κ1) is 25.2. The highest BCUT2D eigenvalue weighted by molar-refractivity contribution is 9.10. The molecule has 11 heteroatoms. The predicted octanol–water partition coefficient (Wildman–Crippen LogP) is 5.51. The molecule has 2 N–H and O–H groups in total. The van der Waals surface area contributed by atoms with Crippen LogP contribution in [0.1, 0.15) is 31.5 Å². The van der Waals surface area contributed by atoms with Crippen molar-refractivity contribution >= 4 is 49.9 Å². The lowest BCUT2D eigenvalue weighted by atomic mass is 9.74. The van der Waals surface area contributed by atoms with Crippen molar-refractivity contribution in [1.82, 2.24) is 5.16 Å². The summed E-state index contributed by atoms with van der Waals surface area (Å²) in [5, 5.41) is 17.0. The quantitative estimate of drug-likeness (QED) is 0.439. The zero-order valence-electron chi connectivity index (χ0n) is 17.7. The molecule has 1 heterocycles. The van der Waals surface area contributed by atoms with Gasteiger partial charge in [0, 0.05) is 27.0 Å². The number of anilines is 1. The van der Waals surface area contributed by atoms with Crippen molar-refractivity contribution in [2.75, 3.05) is 5.32 Å². The van der Waals surface area contributed by atoms with E-state index in [-0.39, 0.29) is 16.1 Å². The third-order valence-electron chi connectivity index (χ3n) is 5.36. The van der Waals surface area contributed by atoms with Gasteiger partial charge in [-0.3, -0.25) is 4.79 Å². The van der Waals surface area contributed by atoms with Gasteiger partial charge < -0.3 is 14.9 Å². The van der Waals surface area contributed by atoms with Crippen LogP contribution in [-0.4, -0.2) is 27.9 Å². The third kappa shape index (κ3) is 4.92. The lowest BCUT2D eigenvalue weighted by molar-refractivity contribution is -0.254. The number of aliphatic hydroxyl groups is 1. The van der Waals surface area contributed by atoms with E-state index >= 15 is 0 Å². The van der Waals surface area contributed by atoms with Crippen LogP contribution >= 0.6 is 27.5 Å². The van der Waals surface area contributed by atoms with Crippen molar-refractivity contribution in [3.8, 4) is 0 Å². The minimum Gasteiger partial charge on any atom is -0.373 e. The van der Waals surface area contributed by atoms with E-state index in [9.17, 15) is 27.9 Å². The Balaban J connectivity index is 1.98. The average Bonchev–Trinajstić information content (AvgIpc) is 2.69. The van der Waals surface area contributed by atoms with Gasteiger partial charge in [-0.1, -0.05) is 52.6 Å². The standard InChI is InChI=1S/C22H19BrClF3N2O4/c1-11-15-9-13(5-6-14(15)18(30)33-29-11)28-19(31)21(32,22(25,26)27)10-20(2,3)16-7-4-12(23)8-17(16)24/h4-9,32H,10H2,1-3H3,(H,28,31). The first-order valence-corrected chi connectivity index (χ1v) is 10.8. The van der Waals surface area contributed by atoms with E-state index in [2.05, 4.69) is 30.9 Å². The molecule has 0 spiro atoms. The predicted molar refractivity (Wildman–Crippen MR) is 121 cm³/mol. The molecule has 1 aromatic heterocycles. The van der Waals surface area contributed by atoms with Crippen LogP contribution in [0, 0.1) is 6.92 Å². The van der Waals surface area contributed by atoms with Crippen LogP contribution < -0.4 is 10.9 Å². The fraction of sp³-hybridized carbons (Fsp3) is 0.318. The number of hydrogen-bond donors (Lipinski definition) is 2. The fourth-order valence-corrected chi connectivity index (χ4v) is 4.55. The van der Waals surface area contributed by atoms with Crippen LogP contribution in [-0.2, 0) is 10.2 Å². The molecule has 0 bridgehead atoms. The van der Waals surface area contributed by atoms with Gasteiger partial charge in [-0.2, -0.15) is 13.2 Å². The maximum absolute atomic E-state index is 14.0. The van der Waals surface area contributed by atoms with Crippen LogP contribution in [0.5, 0.6) is 0 Å². The summed E-state index contributed by atoms with van der Waals surface area (Å²) in [5.74, 6) is -1.66. The summed E-state index contributed by atoms with van der Waals surface area (Å²) in [5.41, 5.74) is -5.20. The summed E-state index contributed by atoms with van der Waals surface area (Å²) in [7, 11) is 0. The van der Waals surface area contributed by atoms with Crippen molar-refractivity contribution in [3.63, 3.8) is 0 Å². The van der Waals surface area contributed by atoms with Gasteiger partial charge in [-0.25, -0.2) is 4.79 Å². The number of halogens is 5.